The third-order valence-corrected chi connectivity index (χ3v) is 4.50. The van der Waals surface area contributed by atoms with Gasteiger partial charge in [-0.15, -0.1) is 0 Å². The summed E-state index contributed by atoms with van der Waals surface area (Å²) in [6.07, 6.45) is 0. The number of aromatic nitrogens is 1. The second-order valence-electron chi connectivity index (χ2n) is 5.51. The van der Waals surface area contributed by atoms with Crippen LogP contribution in [0.5, 0.6) is 0 Å². The molecular weight excluding hydrogens is 348 g/mol. The highest BCUT2D eigenvalue weighted by Gasteiger charge is 2.09. The summed E-state index contributed by atoms with van der Waals surface area (Å²) < 4.78 is 1.08. The lowest BCUT2D eigenvalue weighted by atomic mass is 10.1. The fraction of sp³-hybridized carbons (Fsp3) is 0. The molecule has 0 saturated carbocycles. The fourth-order valence-electron chi connectivity index (χ4n) is 2.87. The van der Waals surface area contributed by atoms with Crippen molar-refractivity contribution in [2.45, 2.75) is 0 Å². The summed E-state index contributed by atoms with van der Waals surface area (Å²) in [5, 5.41) is 5.85. The van der Waals surface area contributed by atoms with Crippen LogP contribution < -0.4 is 5.32 Å². The summed E-state index contributed by atoms with van der Waals surface area (Å²) in [6, 6.07) is 22.7. The highest BCUT2D eigenvalue weighted by molar-refractivity contribution is 9.10. The minimum atomic E-state index is 0.887. The van der Waals surface area contributed by atoms with E-state index in [9.17, 15) is 0 Å². The first-order valence-electron chi connectivity index (χ1n) is 7.44. The molecule has 4 rings (SSSR count). The van der Waals surface area contributed by atoms with E-state index >= 15 is 0 Å². The third kappa shape index (κ3) is 2.53. The number of rotatable bonds is 3. The molecule has 3 aromatic carbocycles. The highest BCUT2D eigenvalue weighted by Crippen LogP contribution is 2.33. The van der Waals surface area contributed by atoms with Gasteiger partial charge in [0.1, 0.15) is 0 Å². The van der Waals surface area contributed by atoms with Crippen molar-refractivity contribution in [3.05, 3.63) is 83.3 Å². The molecule has 1 aromatic heterocycles. The Hall–Kier alpha value is -2.52. The Bertz CT molecular complexity index is 1020. The van der Waals surface area contributed by atoms with E-state index in [-0.39, 0.29) is 0 Å². The predicted molar refractivity (Wildman–Crippen MR) is 103 cm³/mol. The van der Waals surface area contributed by atoms with E-state index in [0.29, 0.717) is 0 Å². The van der Waals surface area contributed by atoms with Gasteiger partial charge in [-0.25, -0.2) is 0 Å². The number of H-pyrrole nitrogens is 1. The molecule has 0 saturated heterocycles. The zero-order valence-electron chi connectivity index (χ0n) is 12.4. The lowest BCUT2D eigenvalue weighted by Crippen LogP contribution is -1.97. The molecule has 0 aliphatic rings. The molecule has 0 bridgehead atoms. The molecule has 23 heavy (non-hydrogen) atoms. The van der Waals surface area contributed by atoms with Crippen LogP contribution in [0.4, 0.5) is 5.69 Å². The van der Waals surface area contributed by atoms with Gasteiger partial charge in [0.05, 0.1) is 11.2 Å². The maximum absolute atomic E-state index is 4.16. The van der Waals surface area contributed by atoms with E-state index in [1.165, 1.54) is 10.8 Å². The van der Waals surface area contributed by atoms with Crippen molar-refractivity contribution in [3.63, 3.8) is 0 Å². The van der Waals surface area contributed by atoms with Crippen LogP contribution in [0.1, 0.15) is 5.56 Å². The monoisotopic (exact) mass is 362 g/mol. The zero-order chi connectivity index (χ0) is 15.8. The molecule has 112 valence electrons. The van der Waals surface area contributed by atoms with Gasteiger partial charge in [0, 0.05) is 26.5 Å². The Morgan fingerprint density at radius 3 is 2.57 bits per heavy atom. The summed E-state index contributed by atoms with van der Waals surface area (Å²) in [5.74, 6) is 0. The van der Waals surface area contributed by atoms with Crippen LogP contribution in [0, 0.1) is 0 Å². The quantitative estimate of drug-likeness (QED) is 0.448. The lowest BCUT2D eigenvalue weighted by Gasteiger charge is -2.10. The van der Waals surface area contributed by atoms with Gasteiger partial charge in [-0.2, -0.15) is 0 Å². The number of nitrogens with one attached hydrogen (secondary N) is 2. The van der Waals surface area contributed by atoms with Crippen molar-refractivity contribution in [1.82, 2.24) is 4.98 Å². The maximum atomic E-state index is 4.16. The molecule has 3 heteroatoms. The number of benzene rings is 3. The summed E-state index contributed by atoms with van der Waals surface area (Å²) >= 11 is 3.55. The van der Waals surface area contributed by atoms with Gasteiger partial charge < -0.3 is 10.3 Å². The topological polar surface area (TPSA) is 27.8 Å². The molecule has 1 heterocycles. The van der Waals surface area contributed by atoms with Crippen LogP contribution in [-0.2, 0) is 0 Å². The van der Waals surface area contributed by atoms with Crippen molar-refractivity contribution in [2.75, 3.05) is 5.32 Å². The molecule has 0 unspecified atom stereocenters. The Kier molecular flexibility index (Phi) is 3.43. The van der Waals surface area contributed by atoms with Crippen LogP contribution in [0.25, 0.3) is 27.5 Å². The van der Waals surface area contributed by atoms with E-state index in [1.807, 2.05) is 24.3 Å². The molecule has 0 fully saturated rings. The molecule has 4 aromatic rings. The average molecular weight is 363 g/mol. The van der Waals surface area contributed by atoms with E-state index in [1.54, 1.807) is 0 Å². The van der Waals surface area contributed by atoms with E-state index in [2.05, 4.69) is 75.3 Å². The number of halogens is 1. The first-order valence-corrected chi connectivity index (χ1v) is 8.23. The molecule has 0 aliphatic carbocycles. The maximum Gasteiger partial charge on any atom is 0.0704 e. The van der Waals surface area contributed by atoms with Crippen LogP contribution in [0.3, 0.4) is 0 Å². The van der Waals surface area contributed by atoms with Gasteiger partial charge in [-0.3, -0.25) is 0 Å². The summed E-state index contributed by atoms with van der Waals surface area (Å²) in [6.45, 7) is 4.16. The van der Waals surface area contributed by atoms with Gasteiger partial charge in [0.25, 0.3) is 0 Å². The van der Waals surface area contributed by atoms with Crippen molar-refractivity contribution in [1.29, 1.82) is 0 Å². The van der Waals surface area contributed by atoms with E-state index in [0.717, 1.165) is 32.5 Å². The first-order chi connectivity index (χ1) is 11.2. The minimum Gasteiger partial charge on any atom is -0.354 e. The predicted octanol–water partition coefficient (Wildman–Crippen LogP) is 6.17. The number of fused-ring (bicyclic) bond motifs is 3. The largest absolute Gasteiger partial charge is 0.354 e. The van der Waals surface area contributed by atoms with Crippen LogP contribution in [0.15, 0.2) is 77.8 Å². The number of hydrogen-bond donors (Lipinski definition) is 2. The SMILES string of the molecule is C=C(Nc1cccc2c1[nH]c1ccc(Br)cc12)c1ccccc1. The fourth-order valence-corrected chi connectivity index (χ4v) is 3.23. The van der Waals surface area contributed by atoms with E-state index in [4.69, 9.17) is 0 Å². The molecule has 0 amide bonds. The van der Waals surface area contributed by atoms with Crippen molar-refractivity contribution in [3.8, 4) is 0 Å². The van der Waals surface area contributed by atoms with E-state index < -0.39 is 0 Å². The normalized spacial score (nSPS) is 11.0. The molecule has 2 N–H and O–H groups in total. The Labute approximate surface area is 143 Å². The van der Waals surface area contributed by atoms with Gasteiger partial charge in [-0.05, 0) is 29.8 Å². The molecule has 0 spiro atoms. The van der Waals surface area contributed by atoms with Crippen LogP contribution in [-0.4, -0.2) is 4.98 Å². The number of hydrogen-bond acceptors (Lipinski definition) is 1. The zero-order valence-corrected chi connectivity index (χ0v) is 14.0. The number of anilines is 1. The third-order valence-electron chi connectivity index (χ3n) is 4.00. The second kappa shape index (κ2) is 5.60. The van der Waals surface area contributed by atoms with Gasteiger partial charge in [0.2, 0.25) is 0 Å². The molecule has 2 nitrogen and oxygen atoms in total. The molecule has 0 radical (unpaired) electrons. The van der Waals surface area contributed by atoms with Gasteiger partial charge >= 0.3 is 0 Å². The van der Waals surface area contributed by atoms with Gasteiger partial charge in [-0.1, -0.05) is 65.0 Å². The standard InChI is InChI=1S/C20H15BrN2/c1-13(14-6-3-2-4-7-14)22-19-9-5-8-16-17-12-15(21)10-11-18(17)23-20(16)19/h2-12,22-23H,1H2. The number of aromatic amines is 1. The summed E-state index contributed by atoms with van der Waals surface area (Å²) in [4.78, 5) is 3.51. The Morgan fingerprint density at radius 1 is 0.913 bits per heavy atom. The molecular formula is C20H15BrN2. The lowest BCUT2D eigenvalue weighted by molar-refractivity contribution is 1.51. The van der Waals surface area contributed by atoms with Crippen molar-refractivity contribution < 1.29 is 0 Å². The van der Waals surface area contributed by atoms with Crippen molar-refractivity contribution >= 4 is 49.1 Å². The summed E-state index contributed by atoms with van der Waals surface area (Å²) in [7, 11) is 0. The van der Waals surface area contributed by atoms with Crippen molar-refractivity contribution in [2.24, 2.45) is 0 Å². The Balaban J connectivity index is 1.81. The van der Waals surface area contributed by atoms with Gasteiger partial charge in [0.15, 0.2) is 0 Å². The smallest absolute Gasteiger partial charge is 0.0704 e. The van der Waals surface area contributed by atoms with Crippen LogP contribution in [0.2, 0.25) is 0 Å². The highest BCUT2D eigenvalue weighted by atomic mass is 79.9. The minimum absolute atomic E-state index is 0.887. The summed E-state index contributed by atoms with van der Waals surface area (Å²) in [5.41, 5.74) is 5.23. The van der Waals surface area contributed by atoms with Crippen LogP contribution >= 0.6 is 15.9 Å². The number of para-hydroxylation sites is 1. The molecule has 0 aliphatic heterocycles. The Morgan fingerprint density at radius 2 is 1.74 bits per heavy atom. The first kappa shape index (κ1) is 14.1. The molecule has 0 atom stereocenters. The second-order valence-corrected chi connectivity index (χ2v) is 6.43. The average Bonchev–Trinajstić information content (AvgIpc) is 2.95.